The minimum Gasteiger partial charge on any atom is -0.308 e. The third-order valence-corrected chi connectivity index (χ3v) is 2.21. The molecule has 0 aliphatic carbocycles. The first-order valence-corrected chi connectivity index (χ1v) is 5.26. The van der Waals surface area contributed by atoms with Crippen molar-refractivity contribution in [1.29, 1.82) is 5.26 Å². The molecule has 0 saturated carbocycles. The molecule has 1 aromatic heterocycles. The van der Waals surface area contributed by atoms with Gasteiger partial charge in [0.1, 0.15) is 11.6 Å². The van der Waals surface area contributed by atoms with E-state index in [0.717, 1.165) is 0 Å². The summed E-state index contributed by atoms with van der Waals surface area (Å²) in [4.78, 5) is 11.7. The number of benzene rings is 1. The first-order valence-electron chi connectivity index (χ1n) is 5.26. The van der Waals surface area contributed by atoms with Gasteiger partial charge in [0.25, 0.3) is 0 Å². The Bertz CT molecular complexity index is 597. The Kier molecular flexibility index (Phi) is 3.25. The van der Waals surface area contributed by atoms with E-state index >= 15 is 0 Å². The number of hydrogen-bond donors (Lipinski definition) is 2. The number of aryl methyl sites for hydroxylation is 1. The van der Waals surface area contributed by atoms with Gasteiger partial charge in [-0.3, -0.25) is 10.00 Å². The molecule has 1 aromatic carbocycles. The van der Waals surface area contributed by atoms with E-state index in [1.54, 1.807) is 19.2 Å². The third kappa shape index (κ3) is 2.65. The second-order valence-corrected chi connectivity index (χ2v) is 3.62. The molecule has 90 valence electrons. The van der Waals surface area contributed by atoms with Gasteiger partial charge >= 0.3 is 6.03 Å². The first kappa shape index (κ1) is 11.7. The summed E-state index contributed by atoms with van der Waals surface area (Å²) in [5.74, 6) is 0.244. The average molecular weight is 241 g/mol. The van der Waals surface area contributed by atoms with E-state index in [2.05, 4.69) is 15.7 Å². The summed E-state index contributed by atoms with van der Waals surface area (Å²) in [6.45, 7) is 0. The molecule has 0 spiro atoms. The molecule has 1 heterocycles. The third-order valence-electron chi connectivity index (χ3n) is 2.21. The van der Waals surface area contributed by atoms with Crippen LogP contribution in [0.1, 0.15) is 5.56 Å². The van der Waals surface area contributed by atoms with Gasteiger partial charge in [0.2, 0.25) is 0 Å². The molecule has 0 saturated heterocycles. The van der Waals surface area contributed by atoms with Gasteiger partial charge in [0.05, 0.1) is 0 Å². The second kappa shape index (κ2) is 5.01. The van der Waals surface area contributed by atoms with Crippen molar-refractivity contribution in [3.8, 4) is 6.07 Å². The Hall–Kier alpha value is -2.81. The summed E-state index contributed by atoms with van der Waals surface area (Å²) < 4.78 is 1.47. The fourth-order valence-corrected chi connectivity index (χ4v) is 1.45. The molecule has 18 heavy (non-hydrogen) atoms. The Labute approximate surface area is 104 Å². The van der Waals surface area contributed by atoms with E-state index in [-0.39, 0.29) is 5.82 Å². The van der Waals surface area contributed by atoms with Crippen LogP contribution < -0.4 is 10.6 Å². The van der Waals surface area contributed by atoms with Crippen LogP contribution in [-0.4, -0.2) is 15.8 Å². The number of carbonyl (C=O) groups excluding carboxylic acids is 1. The summed E-state index contributed by atoms with van der Waals surface area (Å²) >= 11 is 0. The SMILES string of the molecule is Cn1cc(C#N)c(NC(=O)Nc2ccccc2)n1. The number of para-hydroxylation sites is 1. The normalized spacial score (nSPS) is 9.56. The number of nitrogens with one attached hydrogen (secondary N) is 2. The Balaban J connectivity index is 2.06. The molecular weight excluding hydrogens is 230 g/mol. The predicted molar refractivity (Wildman–Crippen MR) is 67.0 cm³/mol. The lowest BCUT2D eigenvalue weighted by atomic mass is 10.3. The molecule has 2 N–H and O–H groups in total. The fraction of sp³-hybridized carbons (Fsp3) is 0.0833. The Morgan fingerprint density at radius 1 is 1.33 bits per heavy atom. The van der Waals surface area contributed by atoms with Crippen molar-refractivity contribution in [1.82, 2.24) is 9.78 Å². The molecule has 6 heteroatoms. The van der Waals surface area contributed by atoms with Crippen molar-refractivity contribution in [2.24, 2.45) is 7.05 Å². The van der Waals surface area contributed by atoms with Crippen molar-refractivity contribution >= 4 is 17.5 Å². The zero-order valence-electron chi connectivity index (χ0n) is 9.71. The zero-order valence-corrected chi connectivity index (χ0v) is 9.71. The summed E-state index contributed by atoms with van der Waals surface area (Å²) in [5, 5.41) is 18.0. The van der Waals surface area contributed by atoms with Crippen molar-refractivity contribution in [3.63, 3.8) is 0 Å². The zero-order chi connectivity index (χ0) is 13.0. The maximum atomic E-state index is 11.7. The first-order chi connectivity index (χ1) is 8.69. The quantitative estimate of drug-likeness (QED) is 0.842. The minimum absolute atomic E-state index is 0.244. The number of carbonyl (C=O) groups is 1. The maximum Gasteiger partial charge on any atom is 0.324 e. The number of amides is 2. The average Bonchev–Trinajstić information content (AvgIpc) is 2.70. The highest BCUT2D eigenvalue weighted by Gasteiger charge is 2.10. The van der Waals surface area contributed by atoms with E-state index in [1.807, 2.05) is 24.3 Å². The van der Waals surface area contributed by atoms with Crippen LogP contribution in [0.25, 0.3) is 0 Å². The number of anilines is 2. The van der Waals surface area contributed by atoms with E-state index in [9.17, 15) is 4.79 Å². The smallest absolute Gasteiger partial charge is 0.308 e. The molecule has 2 amide bonds. The molecule has 0 aliphatic rings. The minimum atomic E-state index is -0.434. The summed E-state index contributed by atoms with van der Waals surface area (Å²) in [6, 6.07) is 10.5. The number of nitrogens with zero attached hydrogens (tertiary/aromatic N) is 3. The van der Waals surface area contributed by atoms with Crippen molar-refractivity contribution in [3.05, 3.63) is 42.1 Å². The van der Waals surface area contributed by atoms with E-state index in [1.165, 1.54) is 10.9 Å². The van der Waals surface area contributed by atoms with Crippen LogP contribution in [0, 0.1) is 11.3 Å². The predicted octanol–water partition coefficient (Wildman–Crippen LogP) is 1.94. The van der Waals surface area contributed by atoms with Crippen LogP contribution in [0.15, 0.2) is 36.5 Å². The van der Waals surface area contributed by atoms with Crippen LogP contribution in [-0.2, 0) is 7.05 Å². The highest BCUT2D eigenvalue weighted by Crippen LogP contribution is 2.12. The van der Waals surface area contributed by atoms with Crippen LogP contribution in [0.2, 0.25) is 0 Å². The number of rotatable bonds is 2. The van der Waals surface area contributed by atoms with Crippen molar-refractivity contribution in [2.45, 2.75) is 0 Å². The second-order valence-electron chi connectivity index (χ2n) is 3.62. The largest absolute Gasteiger partial charge is 0.324 e. The van der Waals surface area contributed by atoms with Crippen molar-refractivity contribution < 1.29 is 4.79 Å². The molecule has 0 aliphatic heterocycles. The molecule has 0 radical (unpaired) electrons. The molecule has 0 unspecified atom stereocenters. The number of hydrogen-bond acceptors (Lipinski definition) is 3. The molecule has 0 fully saturated rings. The number of aromatic nitrogens is 2. The van der Waals surface area contributed by atoms with Gasteiger partial charge in [-0.2, -0.15) is 10.4 Å². The van der Waals surface area contributed by atoms with E-state index < -0.39 is 6.03 Å². The van der Waals surface area contributed by atoms with Crippen LogP contribution in [0.3, 0.4) is 0 Å². The summed E-state index contributed by atoms with van der Waals surface area (Å²) in [7, 11) is 1.68. The van der Waals surface area contributed by atoms with E-state index in [0.29, 0.717) is 11.3 Å². The number of nitriles is 1. The summed E-state index contributed by atoms with van der Waals surface area (Å²) in [6.07, 6.45) is 1.54. The lowest BCUT2D eigenvalue weighted by Crippen LogP contribution is -2.20. The molecular formula is C12H11N5O. The van der Waals surface area contributed by atoms with E-state index in [4.69, 9.17) is 5.26 Å². The number of urea groups is 1. The van der Waals surface area contributed by atoms with Crippen molar-refractivity contribution in [2.75, 3.05) is 10.6 Å². The van der Waals surface area contributed by atoms with Gasteiger partial charge in [-0.15, -0.1) is 0 Å². The Morgan fingerprint density at radius 3 is 2.72 bits per heavy atom. The molecule has 0 bridgehead atoms. The van der Waals surface area contributed by atoms with Crippen LogP contribution in [0.4, 0.5) is 16.3 Å². The molecule has 2 aromatic rings. The van der Waals surface area contributed by atoms with Crippen LogP contribution >= 0.6 is 0 Å². The van der Waals surface area contributed by atoms with Gasteiger partial charge in [0, 0.05) is 18.9 Å². The molecule has 2 rings (SSSR count). The topological polar surface area (TPSA) is 82.7 Å². The van der Waals surface area contributed by atoms with Gasteiger partial charge in [0.15, 0.2) is 5.82 Å². The summed E-state index contributed by atoms with van der Waals surface area (Å²) in [5.41, 5.74) is 0.991. The van der Waals surface area contributed by atoms with Gasteiger partial charge in [-0.05, 0) is 12.1 Å². The lowest BCUT2D eigenvalue weighted by molar-refractivity contribution is 0.262. The van der Waals surface area contributed by atoms with Gasteiger partial charge in [-0.25, -0.2) is 4.79 Å². The monoisotopic (exact) mass is 241 g/mol. The Morgan fingerprint density at radius 2 is 2.06 bits per heavy atom. The van der Waals surface area contributed by atoms with Gasteiger partial charge in [-0.1, -0.05) is 18.2 Å². The standard InChI is InChI=1S/C12H11N5O/c1-17-8-9(7-13)11(16-17)15-12(18)14-10-5-3-2-4-6-10/h2-6,8H,1H3,(H2,14,15,16,18). The molecule has 0 atom stereocenters. The lowest BCUT2D eigenvalue weighted by Gasteiger charge is -2.05. The van der Waals surface area contributed by atoms with Gasteiger partial charge < -0.3 is 5.32 Å². The van der Waals surface area contributed by atoms with Crippen LogP contribution in [0.5, 0.6) is 0 Å². The molecule has 6 nitrogen and oxygen atoms in total. The maximum absolute atomic E-state index is 11.7. The fourth-order valence-electron chi connectivity index (χ4n) is 1.45. The highest BCUT2D eigenvalue weighted by molar-refractivity contribution is 5.99. The highest BCUT2D eigenvalue weighted by atomic mass is 16.2.